The minimum Gasteiger partial charge on any atom is -0.351 e. The molecule has 2 heterocycles. The second kappa shape index (κ2) is 5.51. The normalized spacial score (nSPS) is 10.5. The van der Waals surface area contributed by atoms with Gasteiger partial charge in [-0.2, -0.15) is 4.39 Å². The minimum atomic E-state index is -1.29. The molecule has 0 saturated carbocycles. The van der Waals surface area contributed by atoms with Gasteiger partial charge in [0.2, 0.25) is 5.95 Å². The maximum absolute atomic E-state index is 13.3. The first kappa shape index (κ1) is 13.1. The van der Waals surface area contributed by atoms with Crippen LogP contribution >= 0.6 is 0 Å². The molecule has 2 aromatic rings. The van der Waals surface area contributed by atoms with Crippen LogP contribution in [0.4, 0.5) is 8.78 Å². The zero-order valence-electron chi connectivity index (χ0n) is 10.1. The third-order valence-corrected chi connectivity index (χ3v) is 2.53. The number of aryl methyl sites for hydroxylation is 1. The average Bonchev–Trinajstić information content (AvgIpc) is 2.78. The van der Waals surface area contributed by atoms with E-state index in [-0.39, 0.29) is 12.1 Å². The Morgan fingerprint density at radius 1 is 1.47 bits per heavy atom. The minimum absolute atomic E-state index is 0.245. The molecule has 19 heavy (non-hydrogen) atoms. The van der Waals surface area contributed by atoms with Gasteiger partial charge in [0.1, 0.15) is 12.2 Å². The van der Waals surface area contributed by atoms with Crippen molar-refractivity contribution in [2.45, 2.75) is 6.42 Å². The molecule has 0 unspecified atom stereocenters. The van der Waals surface area contributed by atoms with Crippen molar-refractivity contribution in [3.05, 3.63) is 41.7 Å². The molecular weight excluding hydrogens is 256 g/mol. The molecule has 0 aliphatic carbocycles. The van der Waals surface area contributed by atoms with Gasteiger partial charge in [-0.05, 0) is 6.07 Å². The lowest BCUT2D eigenvalue weighted by Crippen LogP contribution is -2.27. The summed E-state index contributed by atoms with van der Waals surface area (Å²) in [4.78, 5) is 14.8. The Balaban J connectivity index is 1.95. The van der Waals surface area contributed by atoms with Crippen LogP contribution in [0.3, 0.4) is 0 Å². The number of rotatable bonds is 4. The van der Waals surface area contributed by atoms with Crippen molar-refractivity contribution < 1.29 is 13.6 Å². The van der Waals surface area contributed by atoms with E-state index in [0.29, 0.717) is 12.2 Å². The van der Waals surface area contributed by atoms with Crippen molar-refractivity contribution in [1.82, 2.24) is 25.1 Å². The Morgan fingerprint density at radius 3 is 2.95 bits per heavy atom. The van der Waals surface area contributed by atoms with Crippen molar-refractivity contribution >= 4 is 5.91 Å². The van der Waals surface area contributed by atoms with E-state index < -0.39 is 17.7 Å². The lowest BCUT2D eigenvalue weighted by molar-refractivity contribution is 0.0948. The molecule has 100 valence electrons. The van der Waals surface area contributed by atoms with Crippen LogP contribution < -0.4 is 5.32 Å². The van der Waals surface area contributed by atoms with Crippen molar-refractivity contribution in [1.29, 1.82) is 0 Å². The van der Waals surface area contributed by atoms with Gasteiger partial charge in [0, 0.05) is 26.2 Å². The number of aromatic nitrogens is 4. The summed E-state index contributed by atoms with van der Waals surface area (Å²) in [7, 11) is 1.77. The van der Waals surface area contributed by atoms with Gasteiger partial charge in [-0.25, -0.2) is 9.37 Å². The molecule has 0 aliphatic heterocycles. The second-order valence-electron chi connectivity index (χ2n) is 3.83. The van der Waals surface area contributed by atoms with E-state index in [1.165, 1.54) is 6.33 Å². The molecule has 2 aromatic heterocycles. The number of hydrogen-bond donors (Lipinski definition) is 1. The van der Waals surface area contributed by atoms with Gasteiger partial charge in [-0.3, -0.25) is 4.79 Å². The molecule has 0 aromatic carbocycles. The van der Waals surface area contributed by atoms with E-state index in [9.17, 15) is 13.6 Å². The third-order valence-electron chi connectivity index (χ3n) is 2.53. The predicted molar refractivity (Wildman–Crippen MR) is 61.2 cm³/mol. The van der Waals surface area contributed by atoms with Gasteiger partial charge in [0.15, 0.2) is 5.82 Å². The smallest absolute Gasteiger partial charge is 0.254 e. The molecule has 8 heteroatoms. The fourth-order valence-corrected chi connectivity index (χ4v) is 1.51. The molecular formula is C11H11F2N5O. The highest BCUT2D eigenvalue weighted by Gasteiger charge is 2.15. The van der Waals surface area contributed by atoms with Gasteiger partial charge in [0.05, 0.1) is 5.56 Å². The highest BCUT2D eigenvalue weighted by molar-refractivity contribution is 5.94. The Labute approximate surface area is 107 Å². The third kappa shape index (κ3) is 2.90. The zero-order chi connectivity index (χ0) is 13.8. The summed E-state index contributed by atoms with van der Waals surface area (Å²) in [6, 6.07) is 1.12. The fraction of sp³-hybridized carbons (Fsp3) is 0.273. The molecule has 0 saturated heterocycles. The van der Waals surface area contributed by atoms with Crippen LogP contribution in [-0.4, -0.2) is 32.2 Å². The standard InChI is InChI=1S/C11H11F2N5O/c1-18-6-16-17-8(18)3-5-15-11(19)7-2-4-14-10(13)9(7)12/h2,4,6H,3,5H2,1H3,(H,15,19). The van der Waals surface area contributed by atoms with Crippen LogP contribution in [-0.2, 0) is 13.5 Å². The van der Waals surface area contributed by atoms with Gasteiger partial charge >= 0.3 is 0 Å². The first-order valence-corrected chi connectivity index (χ1v) is 5.50. The fourth-order valence-electron chi connectivity index (χ4n) is 1.51. The number of pyridine rings is 1. The summed E-state index contributed by atoms with van der Waals surface area (Å²) in [5.41, 5.74) is -0.370. The van der Waals surface area contributed by atoms with Crippen molar-refractivity contribution in [3.8, 4) is 0 Å². The summed E-state index contributed by atoms with van der Waals surface area (Å²) in [6.07, 6.45) is 3.02. The molecule has 0 atom stereocenters. The van der Waals surface area contributed by atoms with Gasteiger partial charge < -0.3 is 9.88 Å². The summed E-state index contributed by atoms with van der Waals surface area (Å²) in [5, 5.41) is 10.00. The van der Waals surface area contributed by atoms with E-state index in [2.05, 4.69) is 20.5 Å². The number of amides is 1. The Bertz CT molecular complexity index is 599. The van der Waals surface area contributed by atoms with E-state index in [4.69, 9.17) is 0 Å². The van der Waals surface area contributed by atoms with Crippen LogP contribution in [0.15, 0.2) is 18.6 Å². The van der Waals surface area contributed by atoms with E-state index in [1.807, 2.05) is 0 Å². The number of nitrogens with zero attached hydrogens (tertiary/aromatic N) is 4. The monoisotopic (exact) mass is 267 g/mol. The number of carbonyl (C=O) groups is 1. The maximum atomic E-state index is 13.3. The molecule has 1 amide bonds. The van der Waals surface area contributed by atoms with Crippen molar-refractivity contribution in [3.63, 3.8) is 0 Å². The molecule has 0 spiro atoms. The van der Waals surface area contributed by atoms with Crippen LogP contribution in [0.25, 0.3) is 0 Å². The summed E-state index contributed by atoms with van der Waals surface area (Å²) in [5.74, 6) is -2.55. The zero-order valence-corrected chi connectivity index (χ0v) is 10.1. The molecule has 0 radical (unpaired) electrons. The number of carbonyl (C=O) groups excluding carboxylic acids is 1. The maximum Gasteiger partial charge on any atom is 0.254 e. The number of nitrogens with one attached hydrogen (secondary N) is 1. The largest absolute Gasteiger partial charge is 0.351 e. The average molecular weight is 267 g/mol. The van der Waals surface area contributed by atoms with Crippen LogP contribution in [0.1, 0.15) is 16.2 Å². The van der Waals surface area contributed by atoms with Gasteiger partial charge in [-0.15, -0.1) is 10.2 Å². The molecule has 6 nitrogen and oxygen atoms in total. The number of halogens is 2. The summed E-state index contributed by atoms with van der Waals surface area (Å²) < 4.78 is 27.8. The molecule has 0 fully saturated rings. The quantitative estimate of drug-likeness (QED) is 0.817. The highest BCUT2D eigenvalue weighted by atomic mass is 19.2. The topological polar surface area (TPSA) is 72.7 Å². The van der Waals surface area contributed by atoms with Crippen molar-refractivity contribution in [2.75, 3.05) is 6.54 Å². The lowest BCUT2D eigenvalue weighted by atomic mass is 10.2. The summed E-state index contributed by atoms with van der Waals surface area (Å²) >= 11 is 0. The predicted octanol–water partition coefficient (Wildman–Crippen LogP) is 0.461. The van der Waals surface area contributed by atoms with Gasteiger partial charge in [-0.1, -0.05) is 0 Å². The summed E-state index contributed by atoms with van der Waals surface area (Å²) in [6.45, 7) is 0.245. The van der Waals surface area contributed by atoms with Crippen LogP contribution in [0, 0.1) is 11.8 Å². The molecule has 0 bridgehead atoms. The Morgan fingerprint density at radius 2 is 2.26 bits per heavy atom. The van der Waals surface area contributed by atoms with Crippen molar-refractivity contribution in [2.24, 2.45) is 7.05 Å². The SMILES string of the molecule is Cn1cnnc1CCNC(=O)c1ccnc(F)c1F. The van der Waals surface area contributed by atoms with Gasteiger partial charge in [0.25, 0.3) is 5.91 Å². The van der Waals surface area contributed by atoms with Crippen LogP contribution in [0.2, 0.25) is 0 Å². The lowest BCUT2D eigenvalue weighted by Gasteiger charge is -2.05. The first-order valence-electron chi connectivity index (χ1n) is 5.50. The second-order valence-corrected chi connectivity index (χ2v) is 3.83. The Kier molecular flexibility index (Phi) is 3.79. The molecule has 0 aliphatic rings. The Hall–Kier alpha value is -2.38. The van der Waals surface area contributed by atoms with E-state index in [0.717, 1.165) is 12.3 Å². The van der Waals surface area contributed by atoms with Crippen LogP contribution in [0.5, 0.6) is 0 Å². The van der Waals surface area contributed by atoms with E-state index in [1.54, 1.807) is 11.6 Å². The van der Waals surface area contributed by atoms with E-state index >= 15 is 0 Å². The highest BCUT2D eigenvalue weighted by Crippen LogP contribution is 2.08. The molecule has 1 N–H and O–H groups in total. The molecule has 2 rings (SSSR count). The first-order chi connectivity index (χ1) is 9.09. The number of hydrogen-bond acceptors (Lipinski definition) is 4.